The van der Waals surface area contributed by atoms with E-state index in [1.807, 2.05) is 6.08 Å². The summed E-state index contributed by atoms with van der Waals surface area (Å²) in [5.74, 6) is 0.106. The summed E-state index contributed by atoms with van der Waals surface area (Å²) < 4.78 is 35.4. The van der Waals surface area contributed by atoms with Crippen LogP contribution < -0.4 is 0 Å². The van der Waals surface area contributed by atoms with E-state index >= 15 is 0 Å². The van der Waals surface area contributed by atoms with E-state index in [0.29, 0.717) is 24.2 Å². The van der Waals surface area contributed by atoms with Crippen LogP contribution in [0.4, 0.5) is 0 Å². The summed E-state index contributed by atoms with van der Waals surface area (Å²) in [4.78, 5) is 36.8. The van der Waals surface area contributed by atoms with Crippen LogP contribution in [0.1, 0.15) is 71.6 Å². The monoisotopic (exact) mass is 466 g/mol. The molecule has 0 saturated heterocycles. The Morgan fingerprint density at radius 3 is 2.56 bits per heavy atom. The smallest absolute Gasteiger partial charge is 0.307 e. The van der Waals surface area contributed by atoms with Crippen molar-refractivity contribution < 1.29 is 32.1 Å². The van der Waals surface area contributed by atoms with Crippen molar-refractivity contribution in [3.8, 4) is 0 Å². The van der Waals surface area contributed by atoms with E-state index < -0.39 is 28.3 Å². The zero-order valence-corrected chi connectivity index (χ0v) is 19.8. The molecule has 0 unspecified atom stereocenters. The second-order valence-electron chi connectivity index (χ2n) is 10.8. The Balaban J connectivity index is 1.42. The Bertz CT molecular complexity index is 951. The molecule has 0 amide bonds. The maximum Gasteiger partial charge on any atom is 0.307 e. The van der Waals surface area contributed by atoms with Gasteiger partial charge in [0.2, 0.25) is 0 Å². The molecule has 4 aliphatic carbocycles. The molecule has 6 atom stereocenters. The first-order valence-corrected chi connectivity index (χ1v) is 13.4. The molecule has 3 saturated carbocycles. The summed E-state index contributed by atoms with van der Waals surface area (Å²) in [7, 11) is -4.24. The van der Waals surface area contributed by atoms with Gasteiger partial charge in [-0.05, 0) is 79.6 Å². The molecule has 7 nitrogen and oxygen atoms in total. The van der Waals surface area contributed by atoms with Gasteiger partial charge in [-0.15, -0.1) is 0 Å². The van der Waals surface area contributed by atoms with E-state index in [4.69, 9.17) is 9.29 Å². The molecule has 0 aromatic heterocycles. The van der Waals surface area contributed by atoms with Crippen molar-refractivity contribution in [3.05, 3.63) is 11.6 Å². The fourth-order valence-electron chi connectivity index (χ4n) is 7.62. The molecule has 0 aromatic carbocycles. The minimum Gasteiger partial charge on any atom is -0.458 e. The number of ether oxygens (including phenoxy) is 1. The van der Waals surface area contributed by atoms with Crippen molar-refractivity contribution in [2.24, 2.45) is 34.5 Å². The number of hydrogen-bond acceptors (Lipinski definition) is 6. The number of Topliss-reactive ketones (excluding diaryl/α,β-unsaturated/α-hetero) is 1. The van der Waals surface area contributed by atoms with Crippen molar-refractivity contribution in [1.29, 1.82) is 0 Å². The van der Waals surface area contributed by atoms with Gasteiger partial charge in [0, 0.05) is 12.3 Å². The first kappa shape index (κ1) is 23.6. The molecule has 0 radical (unpaired) electrons. The maximum atomic E-state index is 13.0. The first-order chi connectivity index (χ1) is 14.9. The fourth-order valence-corrected chi connectivity index (χ4v) is 8.05. The molecule has 32 heavy (non-hydrogen) atoms. The number of hydrogen-bond donors (Lipinski definition) is 1. The summed E-state index contributed by atoms with van der Waals surface area (Å²) in [6, 6.07) is 0. The summed E-state index contributed by atoms with van der Waals surface area (Å²) in [6.07, 6.45) is 8.87. The second-order valence-corrected chi connectivity index (χ2v) is 12.4. The Morgan fingerprint density at radius 1 is 1.09 bits per heavy atom. The minimum atomic E-state index is -4.24. The topological polar surface area (TPSA) is 115 Å². The molecule has 0 heterocycles. The zero-order chi connectivity index (χ0) is 23.3. The molecule has 178 valence electrons. The molecule has 1 N–H and O–H groups in total. The number of rotatable bonds is 6. The summed E-state index contributed by atoms with van der Waals surface area (Å²) >= 11 is 0. The van der Waals surface area contributed by atoms with Crippen LogP contribution in [0.2, 0.25) is 0 Å². The summed E-state index contributed by atoms with van der Waals surface area (Å²) in [5.41, 5.74) is 1.32. The van der Waals surface area contributed by atoms with Crippen LogP contribution in [0.15, 0.2) is 11.6 Å². The Labute approximate surface area is 190 Å². The highest BCUT2D eigenvalue weighted by Crippen LogP contribution is 2.66. The van der Waals surface area contributed by atoms with Crippen molar-refractivity contribution >= 4 is 27.7 Å². The second kappa shape index (κ2) is 8.35. The van der Waals surface area contributed by atoms with E-state index in [0.717, 1.165) is 44.9 Å². The Morgan fingerprint density at radius 2 is 1.84 bits per heavy atom. The standard InChI is InChI=1S/C24H34O7S/c1-23-10-7-16(25)13-15(23)3-4-17-18-5-6-20(24(18,2)11-8-19(17)23)21(26)14-31-22(27)9-12-32(28,29)30/h13,17-20H,3-12,14H2,1-2H3,(H,28,29,30)/t17-,18-,19-,20+,23-,24-/m0/s1. The summed E-state index contributed by atoms with van der Waals surface area (Å²) in [6.45, 7) is 4.23. The highest BCUT2D eigenvalue weighted by Gasteiger charge is 2.60. The third-order valence-corrected chi connectivity index (χ3v) is 10.0. The highest BCUT2D eigenvalue weighted by atomic mass is 32.2. The molecule has 0 bridgehead atoms. The quantitative estimate of drug-likeness (QED) is 0.470. The van der Waals surface area contributed by atoms with Crippen LogP contribution in [0.25, 0.3) is 0 Å². The molecule has 3 fully saturated rings. The van der Waals surface area contributed by atoms with Crippen LogP contribution in [-0.2, 0) is 29.2 Å². The van der Waals surface area contributed by atoms with Crippen LogP contribution in [0.3, 0.4) is 0 Å². The molecular weight excluding hydrogens is 432 g/mol. The predicted octanol–water partition coefficient (Wildman–Crippen LogP) is 3.52. The lowest BCUT2D eigenvalue weighted by Gasteiger charge is -2.58. The average Bonchev–Trinajstić information content (AvgIpc) is 3.08. The highest BCUT2D eigenvalue weighted by molar-refractivity contribution is 7.85. The van der Waals surface area contributed by atoms with Gasteiger partial charge < -0.3 is 4.74 Å². The lowest BCUT2D eigenvalue weighted by molar-refractivity contribution is -0.150. The molecule has 8 heteroatoms. The lowest BCUT2D eigenvalue weighted by Crippen LogP contribution is -2.51. The SMILES string of the molecule is C[C@]12CC[C@H]3[C@@H](CCC4=CC(=O)CC[C@@]43C)[C@@H]1CC[C@@H]2C(=O)COC(=O)CCS(=O)(=O)O. The number of esters is 1. The molecule has 4 aliphatic rings. The predicted molar refractivity (Wildman–Crippen MR) is 117 cm³/mol. The van der Waals surface area contributed by atoms with E-state index in [1.54, 1.807) is 0 Å². The van der Waals surface area contributed by atoms with Crippen molar-refractivity contribution in [2.75, 3.05) is 12.4 Å². The van der Waals surface area contributed by atoms with E-state index in [-0.39, 0.29) is 34.9 Å². The van der Waals surface area contributed by atoms with Gasteiger partial charge in [0.1, 0.15) is 6.61 Å². The third kappa shape index (κ3) is 4.20. The van der Waals surface area contributed by atoms with Crippen molar-refractivity contribution in [2.45, 2.75) is 71.6 Å². The first-order valence-electron chi connectivity index (χ1n) is 11.8. The zero-order valence-electron chi connectivity index (χ0n) is 19.0. The van der Waals surface area contributed by atoms with E-state index in [1.165, 1.54) is 5.57 Å². The van der Waals surface area contributed by atoms with Gasteiger partial charge in [-0.25, -0.2) is 0 Å². The number of ketones is 2. The maximum absolute atomic E-state index is 13.0. The lowest BCUT2D eigenvalue weighted by atomic mass is 9.46. The van der Waals surface area contributed by atoms with Gasteiger partial charge in [-0.1, -0.05) is 19.4 Å². The molecule has 4 rings (SSSR count). The third-order valence-electron chi connectivity index (χ3n) is 9.29. The van der Waals surface area contributed by atoms with Gasteiger partial charge >= 0.3 is 5.97 Å². The molecule has 0 aliphatic heterocycles. The van der Waals surface area contributed by atoms with Crippen LogP contribution >= 0.6 is 0 Å². The normalized spacial score (nSPS) is 38.8. The number of allylic oxidation sites excluding steroid dienone is 1. The van der Waals surface area contributed by atoms with Gasteiger partial charge in [0.05, 0.1) is 12.2 Å². The van der Waals surface area contributed by atoms with Crippen molar-refractivity contribution in [3.63, 3.8) is 0 Å². The number of carbonyl (C=O) groups is 3. The average molecular weight is 467 g/mol. The number of fused-ring (bicyclic) bond motifs is 5. The Hall–Kier alpha value is -1.54. The van der Waals surface area contributed by atoms with E-state index in [2.05, 4.69) is 13.8 Å². The van der Waals surface area contributed by atoms with Crippen LogP contribution in [0.5, 0.6) is 0 Å². The van der Waals surface area contributed by atoms with Gasteiger partial charge in [-0.2, -0.15) is 8.42 Å². The van der Waals surface area contributed by atoms with E-state index in [9.17, 15) is 22.8 Å². The van der Waals surface area contributed by atoms with Gasteiger partial charge in [0.25, 0.3) is 10.1 Å². The summed E-state index contributed by atoms with van der Waals surface area (Å²) in [5, 5.41) is 0. The van der Waals surface area contributed by atoms with Gasteiger partial charge in [0.15, 0.2) is 11.6 Å². The van der Waals surface area contributed by atoms with Crippen molar-refractivity contribution in [1.82, 2.24) is 0 Å². The van der Waals surface area contributed by atoms with Crippen LogP contribution in [-0.4, -0.2) is 42.9 Å². The molecule has 0 spiro atoms. The Kier molecular flexibility index (Phi) is 6.16. The molecule has 0 aromatic rings. The van der Waals surface area contributed by atoms with Gasteiger partial charge in [-0.3, -0.25) is 18.9 Å². The fraction of sp³-hybridized carbons (Fsp3) is 0.792. The van der Waals surface area contributed by atoms with Crippen LogP contribution in [0, 0.1) is 34.5 Å². The number of carbonyl (C=O) groups excluding carboxylic acids is 3. The molecular formula is C24H34O7S. The minimum absolute atomic E-state index is 0.0838. The largest absolute Gasteiger partial charge is 0.458 e.